The molecule has 0 spiro atoms. The number of nitriles is 1. The number of benzene rings is 1. The van der Waals surface area contributed by atoms with Crippen LogP contribution in [0.1, 0.15) is 34.4 Å². The lowest BCUT2D eigenvalue weighted by atomic mass is 9.93. The minimum absolute atomic E-state index is 0.459. The fourth-order valence-electron chi connectivity index (χ4n) is 3.25. The van der Waals surface area contributed by atoms with Gasteiger partial charge >= 0.3 is 0 Å². The number of aryl methyl sites for hydroxylation is 1. The predicted molar refractivity (Wildman–Crippen MR) is 90.3 cm³/mol. The van der Waals surface area contributed by atoms with E-state index in [1.807, 2.05) is 56.0 Å². The summed E-state index contributed by atoms with van der Waals surface area (Å²) in [4.78, 5) is 6.67. The normalized spacial score (nSPS) is 20.6. The van der Waals surface area contributed by atoms with E-state index >= 15 is 0 Å². The average molecular weight is 307 g/mol. The molecule has 1 aromatic carbocycles. The lowest BCUT2D eigenvalue weighted by Crippen LogP contribution is -2.31. The van der Waals surface area contributed by atoms with Crippen LogP contribution >= 0.6 is 0 Å². The van der Waals surface area contributed by atoms with E-state index in [-0.39, 0.29) is 0 Å². The Bertz CT molecular complexity index is 779. The number of pyridine rings is 1. The molecular formula is C19H21N3O. The van der Waals surface area contributed by atoms with Gasteiger partial charge in [-0.3, -0.25) is 0 Å². The molecular weight excluding hydrogens is 286 g/mol. The van der Waals surface area contributed by atoms with E-state index in [4.69, 9.17) is 0 Å². The summed E-state index contributed by atoms with van der Waals surface area (Å²) in [6.07, 6.45) is 0.634. The summed E-state index contributed by atoms with van der Waals surface area (Å²) in [5, 5.41) is 20.5. The lowest BCUT2D eigenvalue weighted by Gasteiger charge is -2.25. The van der Waals surface area contributed by atoms with E-state index in [9.17, 15) is 10.4 Å². The van der Waals surface area contributed by atoms with Gasteiger partial charge in [-0.2, -0.15) is 5.26 Å². The maximum atomic E-state index is 11.0. The Morgan fingerprint density at radius 3 is 2.52 bits per heavy atom. The first-order chi connectivity index (χ1) is 11.0. The van der Waals surface area contributed by atoms with E-state index in [2.05, 4.69) is 11.1 Å². The number of nitrogens with zero attached hydrogens (tertiary/aromatic N) is 3. The summed E-state index contributed by atoms with van der Waals surface area (Å²) in [5.41, 5.74) is 3.62. The maximum absolute atomic E-state index is 11.0. The first-order valence-electron chi connectivity index (χ1n) is 7.87. The predicted octanol–water partition coefficient (Wildman–Crippen LogP) is 2.98. The van der Waals surface area contributed by atoms with Crippen LogP contribution in [0.3, 0.4) is 0 Å². The standard InChI is InChI=1S/C19H21N3O/c1-13-14(2)17(11-20)18(21-15(13)3)22-10-9-19(23,12-22)16-7-5-4-6-8-16/h4-8,23H,9-10,12H2,1-3H3/t19-/m1/s1. The van der Waals surface area contributed by atoms with Gasteiger partial charge in [-0.15, -0.1) is 0 Å². The van der Waals surface area contributed by atoms with E-state index < -0.39 is 5.60 Å². The third-order valence-corrected chi connectivity index (χ3v) is 4.95. The van der Waals surface area contributed by atoms with Gasteiger partial charge in [0, 0.05) is 12.2 Å². The number of β-amino-alcohol motifs (C(OH)–C–C–N with tert-alkyl or cyclic N) is 1. The molecule has 2 heterocycles. The quantitative estimate of drug-likeness (QED) is 0.926. The highest BCUT2D eigenvalue weighted by Crippen LogP contribution is 2.36. The van der Waals surface area contributed by atoms with Gasteiger partial charge in [0.25, 0.3) is 0 Å². The largest absolute Gasteiger partial charge is 0.383 e. The Kier molecular flexibility index (Phi) is 3.83. The second kappa shape index (κ2) is 5.68. The summed E-state index contributed by atoms with van der Waals surface area (Å²) >= 11 is 0. The van der Waals surface area contributed by atoms with Crippen LogP contribution in [-0.2, 0) is 5.60 Å². The monoisotopic (exact) mass is 307 g/mol. The minimum Gasteiger partial charge on any atom is -0.383 e. The van der Waals surface area contributed by atoms with Crippen molar-refractivity contribution in [2.45, 2.75) is 32.8 Å². The molecule has 3 rings (SSSR count). The molecule has 0 saturated carbocycles. The van der Waals surface area contributed by atoms with Crippen LogP contribution in [0.4, 0.5) is 5.82 Å². The molecule has 4 nitrogen and oxygen atoms in total. The zero-order valence-corrected chi connectivity index (χ0v) is 13.8. The van der Waals surface area contributed by atoms with Crippen LogP contribution in [0.2, 0.25) is 0 Å². The molecule has 118 valence electrons. The smallest absolute Gasteiger partial charge is 0.147 e. The van der Waals surface area contributed by atoms with Gasteiger partial charge in [-0.25, -0.2) is 4.98 Å². The molecule has 0 radical (unpaired) electrons. The van der Waals surface area contributed by atoms with Crippen molar-refractivity contribution in [3.05, 3.63) is 58.3 Å². The summed E-state index contributed by atoms with van der Waals surface area (Å²) in [6.45, 7) is 7.07. The van der Waals surface area contributed by atoms with Crippen molar-refractivity contribution in [2.75, 3.05) is 18.0 Å². The van der Waals surface area contributed by atoms with Gasteiger partial charge in [-0.05, 0) is 43.9 Å². The molecule has 23 heavy (non-hydrogen) atoms. The molecule has 1 saturated heterocycles. The van der Waals surface area contributed by atoms with Gasteiger partial charge < -0.3 is 10.0 Å². The van der Waals surface area contributed by atoms with Gasteiger partial charge in [0.05, 0.1) is 12.1 Å². The molecule has 1 aliphatic heterocycles. The van der Waals surface area contributed by atoms with Crippen molar-refractivity contribution in [3.63, 3.8) is 0 Å². The lowest BCUT2D eigenvalue weighted by molar-refractivity contribution is 0.0606. The molecule has 2 aromatic rings. The van der Waals surface area contributed by atoms with Crippen molar-refractivity contribution in [1.29, 1.82) is 5.26 Å². The summed E-state index contributed by atoms with van der Waals surface area (Å²) in [5.74, 6) is 0.694. The molecule has 0 aliphatic carbocycles. The molecule has 1 aliphatic rings. The Morgan fingerprint density at radius 1 is 1.17 bits per heavy atom. The van der Waals surface area contributed by atoms with Gasteiger partial charge in [0.15, 0.2) is 0 Å². The number of aromatic nitrogens is 1. The highest BCUT2D eigenvalue weighted by Gasteiger charge is 2.39. The van der Waals surface area contributed by atoms with Crippen LogP contribution in [0.25, 0.3) is 0 Å². The average Bonchev–Trinajstić information content (AvgIpc) is 2.97. The number of rotatable bonds is 2. The molecule has 0 amide bonds. The Balaban J connectivity index is 1.98. The molecule has 4 heteroatoms. The second-order valence-electron chi connectivity index (χ2n) is 6.33. The Morgan fingerprint density at radius 2 is 1.87 bits per heavy atom. The van der Waals surface area contributed by atoms with Crippen molar-refractivity contribution in [3.8, 4) is 6.07 Å². The molecule has 1 fully saturated rings. The number of hydrogen-bond donors (Lipinski definition) is 1. The van der Waals surface area contributed by atoms with Gasteiger partial charge in [0.2, 0.25) is 0 Å². The van der Waals surface area contributed by atoms with E-state index in [0.29, 0.717) is 30.9 Å². The van der Waals surface area contributed by atoms with Crippen molar-refractivity contribution in [1.82, 2.24) is 4.98 Å². The Hall–Kier alpha value is -2.38. The minimum atomic E-state index is -0.887. The first-order valence-corrected chi connectivity index (χ1v) is 7.87. The highest BCUT2D eigenvalue weighted by molar-refractivity contribution is 5.61. The van der Waals surface area contributed by atoms with Crippen molar-refractivity contribution < 1.29 is 5.11 Å². The Labute approximate surface area is 137 Å². The third kappa shape index (κ3) is 2.58. The fraction of sp³-hybridized carbons (Fsp3) is 0.368. The fourth-order valence-corrected chi connectivity index (χ4v) is 3.25. The van der Waals surface area contributed by atoms with Crippen LogP contribution in [0.15, 0.2) is 30.3 Å². The third-order valence-electron chi connectivity index (χ3n) is 4.95. The first kappa shape index (κ1) is 15.5. The number of hydrogen-bond acceptors (Lipinski definition) is 4. The van der Waals surface area contributed by atoms with Gasteiger partial charge in [-0.1, -0.05) is 30.3 Å². The van der Waals surface area contributed by atoms with Gasteiger partial charge in [0.1, 0.15) is 17.5 Å². The number of aliphatic hydroxyl groups is 1. The molecule has 1 aromatic heterocycles. The zero-order chi connectivity index (χ0) is 16.6. The SMILES string of the molecule is Cc1nc(N2CC[C@](O)(c3ccccc3)C2)c(C#N)c(C)c1C. The van der Waals surface area contributed by atoms with E-state index in [0.717, 1.165) is 22.4 Å². The highest BCUT2D eigenvalue weighted by atomic mass is 16.3. The van der Waals surface area contributed by atoms with Crippen LogP contribution in [0.5, 0.6) is 0 Å². The maximum Gasteiger partial charge on any atom is 0.147 e. The topological polar surface area (TPSA) is 60.1 Å². The number of anilines is 1. The summed E-state index contributed by atoms with van der Waals surface area (Å²) in [6, 6.07) is 12.0. The molecule has 0 bridgehead atoms. The van der Waals surface area contributed by atoms with Crippen LogP contribution in [0, 0.1) is 32.1 Å². The second-order valence-corrected chi connectivity index (χ2v) is 6.33. The van der Waals surface area contributed by atoms with Crippen LogP contribution < -0.4 is 4.90 Å². The van der Waals surface area contributed by atoms with E-state index in [1.165, 1.54) is 0 Å². The zero-order valence-electron chi connectivity index (χ0n) is 13.8. The molecule has 0 unspecified atom stereocenters. The van der Waals surface area contributed by atoms with Crippen LogP contribution in [-0.4, -0.2) is 23.2 Å². The summed E-state index contributed by atoms with van der Waals surface area (Å²) in [7, 11) is 0. The molecule has 1 atom stereocenters. The molecule has 1 N–H and O–H groups in total. The van der Waals surface area contributed by atoms with Crippen molar-refractivity contribution in [2.24, 2.45) is 0 Å². The van der Waals surface area contributed by atoms with Crippen molar-refractivity contribution >= 4 is 5.82 Å². The van der Waals surface area contributed by atoms with E-state index in [1.54, 1.807) is 0 Å². The summed E-state index contributed by atoms with van der Waals surface area (Å²) < 4.78 is 0.